The van der Waals surface area contributed by atoms with Crippen LogP contribution in [0.1, 0.15) is 5.56 Å². The number of benzene rings is 2. The molecule has 6 heteroatoms. The number of halogens is 3. The lowest BCUT2D eigenvalue weighted by Crippen LogP contribution is -1.96. The fourth-order valence-electron chi connectivity index (χ4n) is 1.64. The van der Waals surface area contributed by atoms with E-state index in [1.807, 2.05) is 12.1 Å². The Kier molecular flexibility index (Phi) is 4.92. The Hall–Kier alpha value is -1.22. The minimum atomic E-state index is 0.517. The Labute approximate surface area is 138 Å². The zero-order chi connectivity index (χ0) is 14.7. The summed E-state index contributed by atoms with van der Waals surface area (Å²) < 4.78 is 6.94. The van der Waals surface area contributed by atoms with E-state index in [-0.39, 0.29) is 0 Å². The van der Waals surface area contributed by atoms with Crippen LogP contribution >= 0.6 is 43.5 Å². The number of anilines is 2. The number of nitriles is 1. The summed E-state index contributed by atoms with van der Waals surface area (Å²) in [6.07, 6.45) is 0. The van der Waals surface area contributed by atoms with Crippen LogP contribution in [0.3, 0.4) is 0 Å². The summed E-state index contributed by atoms with van der Waals surface area (Å²) in [6, 6.07) is 10.9. The van der Waals surface area contributed by atoms with Gasteiger partial charge in [-0.05, 0) is 56.1 Å². The molecular weight excluding hydrogens is 407 g/mol. The highest BCUT2D eigenvalue weighted by atomic mass is 79.9. The molecule has 20 heavy (non-hydrogen) atoms. The SMILES string of the molecule is COc1cc(Nc2cc(Cl)ccc2C#N)c(Br)cc1Br. The number of hydrogen-bond acceptors (Lipinski definition) is 3. The summed E-state index contributed by atoms with van der Waals surface area (Å²) in [4.78, 5) is 0. The summed E-state index contributed by atoms with van der Waals surface area (Å²) in [7, 11) is 1.60. The molecule has 0 atom stereocenters. The Morgan fingerprint density at radius 1 is 1.15 bits per heavy atom. The highest BCUT2D eigenvalue weighted by molar-refractivity contribution is 9.11. The molecule has 102 valence electrons. The fourth-order valence-corrected chi connectivity index (χ4v) is 3.07. The van der Waals surface area contributed by atoms with Gasteiger partial charge in [0.2, 0.25) is 0 Å². The maximum absolute atomic E-state index is 9.12. The lowest BCUT2D eigenvalue weighted by atomic mass is 10.2. The summed E-state index contributed by atoms with van der Waals surface area (Å²) in [5, 5.41) is 12.9. The van der Waals surface area contributed by atoms with Crippen LogP contribution in [0.5, 0.6) is 5.75 Å². The Morgan fingerprint density at radius 2 is 1.90 bits per heavy atom. The van der Waals surface area contributed by atoms with Crippen LogP contribution in [-0.4, -0.2) is 7.11 Å². The maximum Gasteiger partial charge on any atom is 0.135 e. The highest BCUT2D eigenvalue weighted by Gasteiger charge is 2.10. The third kappa shape index (κ3) is 3.26. The van der Waals surface area contributed by atoms with Gasteiger partial charge in [-0.3, -0.25) is 0 Å². The van der Waals surface area contributed by atoms with Crippen molar-refractivity contribution in [3.63, 3.8) is 0 Å². The first-order valence-corrected chi connectivity index (χ1v) is 7.51. The van der Waals surface area contributed by atoms with E-state index in [1.54, 1.807) is 25.3 Å². The van der Waals surface area contributed by atoms with Gasteiger partial charge in [0.25, 0.3) is 0 Å². The molecule has 0 aromatic heterocycles. The molecule has 0 radical (unpaired) electrons. The molecule has 0 bridgehead atoms. The van der Waals surface area contributed by atoms with E-state index < -0.39 is 0 Å². The smallest absolute Gasteiger partial charge is 0.135 e. The molecule has 0 aliphatic rings. The quantitative estimate of drug-likeness (QED) is 0.720. The van der Waals surface area contributed by atoms with Crippen LogP contribution in [0.25, 0.3) is 0 Å². The number of methoxy groups -OCH3 is 1. The number of nitrogens with one attached hydrogen (secondary N) is 1. The minimum absolute atomic E-state index is 0.517. The van der Waals surface area contributed by atoms with Crippen molar-refractivity contribution in [2.45, 2.75) is 0 Å². The molecular formula is C14H9Br2ClN2O. The summed E-state index contributed by atoms with van der Waals surface area (Å²) in [6.45, 7) is 0. The molecule has 0 amide bonds. The summed E-state index contributed by atoms with van der Waals surface area (Å²) in [5.41, 5.74) is 1.94. The normalized spacial score (nSPS) is 9.95. The van der Waals surface area contributed by atoms with Gasteiger partial charge in [-0.25, -0.2) is 0 Å². The van der Waals surface area contributed by atoms with Crippen LogP contribution in [-0.2, 0) is 0 Å². The van der Waals surface area contributed by atoms with Crippen LogP contribution < -0.4 is 10.1 Å². The lowest BCUT2D eigenvalue weighted by Gasteiger charge is -2.13. The molecule has 0 saturated heterocycles. The second kappa shape index (κ2) is 6.49. The van der Waals surface area contributed by atoms with E-state index >= 15 is 0 Å². The largest absolute Gasteiger partial charge is 0.495 e. The van der Waals surface area contributed by atoms with Crippen molar-refractivity contribution < 1.29 is 4.74 Å². The van der Waals surface area contributed by atoms with E-state index in [4.69, 9.17) is 21.6 Å². The fraction of sp³-hybridized carbons (Fsp3) is 0.0714. The van der Waals surface area contributed by atoms with Crippen molar-refractivity contribution in [2.75, 3.05) is 12.4 Å². The monoisotopic (exact) mass is 414 g/mol. The van der Waals surface area contributed by atoms with E-state index in [0.717, 1.165) is 14.6 Å². The third-order valence-electron chi connectivity index (χ3n) is 2.61. The molecule has 0 heterocycles. The molecule has 1 N–H and O–H groups in total. The van der Waals surface area contributed by atoms with Gasteiger partial charge >= 0.3 is 0 Å². The molecule has 0 aliphatic heterocycles. The molecule has 2 rings (SSSR count). The topological polar surface area (TPSA) is 45.0 Å². The lowest BCUT2D eigenvalue weighted by molar-refractivity contribution is 0.412. The van der Waals surface area contributed by atoms with Crippen molar-refractivity contribution in [3.05, 3.63) is 49.9 Å². The van der Waals surface area contributed by atoms with Crippen LogP contribution in [0.15, 0.2) is 39.3 Å². The van der Waals surface area contributed by atoms with Crippen molar-refractivity contribution in [1.29, 1.82) is 5.26 Å². The van der Waals surface area contributed by atoms with Crippen molar-refractivity contribution in [3.8, 4) is 11.8 Å². The van der Waals surface area contributed by atoms with Gasteiger partial charge in [-0.15, -0.1) is 0 Å². The van der Waals surface area contributed by atoms with E-state index in [0.29, 0.717) is 22.0 Å². The van der Waals surface area contributed by atoms with Gasteiger partial charge in [-0.1, -0.05) is 11.6 Å². The zero-order valence-electron chi connectivity index (χ0n) is 10.4. The first-order valence-electron chi connectivity index (χ1n) is 5.55. The van der Waals surface area contributed by atoms with Crippen molar-refractivity contribution >= 4 is 54.8 Å². The molecule has 0 fully saturated rings. The van der Waals surface area contributed by atoms with E-state index in [2.05, 4.69) is 43.2 Å². The molecule has 0 aliphatic carbocycles. The predicted octanol–water partition coefficient (Wildman–Crippen LogP) is 5.49. The number of ether oxygens (including phenoxy) is 1. The molecule has 0 unspecified atom stereocenters. The number of nitrogens with zero attached hydrogens (tertiary/aromatic N) is 1. The van der Waals surface area contributed by atoms with Gasteiger partial charge in [0, 0.05) is 15.6 Å². The Bertz CT molecular complexity index is 698. The van der Waals surface area contributed by atoms with Crippen molar-refractivity contribution in [1.82, 2.24) is 0 Å². The molecule has 2 aromatic rings. The zero-order valence-corrected chi connectivity index (χ0v) is 14.3. The van der Waals surface area contributed by atoms with Gasteiger partial charge in [0.05, 0.1) is 28.5 Å². The molecule has 3 nitrogen and oxygen atoms in total. The van der Waals surface area contributed by atoms with Gasteiger partial charge in [-0.2, -0.15) is 5.26 Å². The van der Waals surface area contributed by atoms with Gasteiger partial charge in [0.15, 0.2) is 0 Å². The average molecular weight is 417 g/mol. The summed E-state index contributed by atoms with van der Waals surface area (Å²) >= 11 is 12.8. The minimum Gasteiger partial charge on any atom is -0.495 e. The van der Waals surface area contributed by atoms with Crippen LogP contribution in [0.4, 0.5) is 11.4 Å². The van der Waals surface area contributed by atoms with E-state index in [9.17, 15) is 0 Å². The summed E-state index contributed by atoms with van der Waals surface area (Å²) in [5.74, 6) is 0.691. The van der Waals surface area contributed by atoms with E-state index in [1.165, 1.54) is 0 Å². The van der Waals surface area contributed by atoms with Gasteiger partial charge < -0.3 is 10.1 Å². The molecule has 0 spiro atoms. The Morgan fingerprint density at radius 3 is 2.55 bits per heavy atom. The average Bonchev–Trinajstić information content (AvgIpc) is 2.42. The predicted molar refractivity (Wildman–Crippen MR) is 87.8 cm³/mol. The second-order valence-electron chi connectivity index (χ2n) is 3.89. The highest BCUT2D eigenvalue weighted by Crippen LogP contribution is 2.36. The molecule has 0 saturated carbocycles. The molecule has 2 aromatic carbocycles. The Balaban J connectivity index is 2.45. The van der Waals surface area contributed by atoms with Crippen LogP contribution in [0, 0.1) is 11.3 Å². The maximum atomic E-state index is 9.12. The van der Waals surface area contributed by atoms with Crippen LogP contribution in [0.2, 0.25) is 5.02 Å². The first kappa shape index (κ1) is 15.2. The standard InChI is InChI=1S/C14H9Br2ClN2O/c1-20-14-6-13(10(15)5-11(14)16)19-12-4-9(17)3-2-8(12)7-18/h2-6,19H,1H3. The van der Waals surface area contributed by atoms with Crippen molar-refractivity contribution in [2.24, 2.45) is 0 Å². The van der Waals surface area contributed by atoms with Gasteiger partial charge in [0.1, 0.15) is 11.8 Å². The third-order valence-corrected chi connectivity index (χ3v) is 4.12. The second-order valence-corrected chi connectivity index (χ2v) is 6.04. The number of rotatable bonds is 3. The first-order chi connectivity index (χ1) is 9.55. The number of hydrogen-bond donors (Lipinski definition) is 1.